The third kappa shape index (κ3) is 2.52. The summed E-state index contributed by atoms with van der Waals surface area (Å²) in [4.78, 5) is 5.44. The SMILES string of the molecule is CN1C2CCC1CN(C1CCNCc3ccccc31)CC2. The van der Waals surface area contributed by atoms with Gasteiger partial charge in [0, 0.05) is 37.8 Å². The van der Waals surface area contributed by atoms with Gasteiger partial charge in [-0.05, 0) is 50.4 Å². The molecule has 0 saturated carbocycles. The van der Waals surface area contributed by atoms with E-state index in [0.717, 1.165) is 25.2 Å². The highest BCUT2D eigenvalue weighted by Crippen LogP contribution is 2.35. The van der Waals surface area contributed by atoms with Crippen molar-refractivity contribution in [2.24, 2.45) is 0 Å². The highest BCUT2D eigenvalue weighted by atomic mass is 15.3. The van der Waals surface area contributed by atoms with Gasteiger partial charge in [0.25, 0.3) is 0 Å². The molecule has 3 unspecified atom stereocenters. The molecule has 3 aliphatic heterocycles. The van der Waals surface area contributed by atoms with Crippen LogP contribution in [-0.2, 0) is 6.54 Å². The maximum absolute atomic E-state index is 3.59. The van der Waals surface area contributed by atoms with Crippen LogP contribution in [0.2, 0.25) is 0 Å². The summed E-state index contributed by atoms with van der Waals surface area (Å²) < 4.78 is 0. The highest BCUT2D eigenvalue weighted by Gasteiger charge is 2.37. The van der Waals surface area contributed by atoms with Crippen LogP contribution in [0.5, 0.6) is 0 Å². The zero-order valence-electron chi connectivity index (χ0n) is 13.1. The van der Waals surface area contributed by atoms with Crippen molar-refractivity contribution >= 4 is 0 Å². The van der Waals surface area contributed by atoms with E-state index in [4.69, 9.17) is 0 Å². The van der Waals surface area contributed by atoms with Gasteiger partial charge < -0.3 is 5.32 Å². The van der Waals surface area contributed by atoms with Crippen LogP contribution in [-0.4, -0.2) is 48.6 Å². The number of nitrogens with zero attached hydrogens (tertiary/aromatic N) is 2. The summed E-state index contributed by atoms with van der Waals surface area (Å²) in [5.74, 6) is 0. The molecule has 1 aromatic carbocycles. The van der Waals surface area contributed by atoms with Crippen LogP contribution < -0.4 is 5.32 Å². The van der Waals surface area contributed by atoms with E-state index >= 15 is 0 Å². The molecular weight excluding hydrogens is 258 g/mol. The van der Waals surface area contributed by atoms with Crippen LogP contribution in [0.3, 0.4) is 0 Å². The van der Waals surface area contributed by atoms with Crippen molar-refractivity contribution in [3.8, 4) is 0 Å². The first-order valence-electron chi connectivity index (χ1n) is 8.57. The molecule has 0 radical (unpaired) electrons. The fourth-order valence-corrected chi connectivity index (χ4v) is 4.64. The number of nitrogens with one attached hydrogen (secondary N) is 1. The molecule has 4 rings (SSSR count). The van der Waals surface area contributed by atoms with Crippen molar-refractivity contribution in [3.63, 3.8) is 0 Å². The number of hydrogen-bond donors (Lipinski definition) is 1. The van der Waals surface area contributed by atoms with Gasteiger partial charge in [-0.2, -0.15) is 0 Å². The predicted octanol–water partition coefficient (Wildman–Crippen LogP) is 2.39. The Morgan fingerprint density at radius 1 is 1.05 bits per heavy atom. The van der Waals surface area contributed by atoms with Gasteiger partial charge in [0.1, 0.15) is 0 Å². The number of likely N-dealkylation sites (N-methyl/N-ethyl adjacent to an activating group) is 1. The van der Waals surface area contributed by atoms with Crippen LogP contribution >= 0.6 is 0 Å². The van der Waals surface area contributed by atoms with E-state index < -0.39 is 0 Å². The quantitative estimate of drug-likeness (QED) is 0.855. The first-order chi connectivity index (χ1) is 10.3. The third-order valence-electron chi connectivity index (χ3n) is 5.94. The molecule has 0 spiro atoms. The van der Waals surface area contributed by atoms with Gasteiger partial charge in [0.15, 0.2) is 0 Å². The smallest absolute Gasteiger partial charge is 0.0364 e. The molecular formula is C18H27N3. The number of rotatable bonds is 1. The van der Waals surface area contributed by atoms with Crippen LogP contribution in [0.4, 0.5) is 0 Å². The highest BCUT2D eigenvalue weighted by molar-refractivity contribution is 5.31. The van der Waals surface area contributed by atoms with Crippen molar-refractivity contribution in [2.45, 2.75) is 50.4 Å². The molecule has 1 N–H and O–H groups in total. The minimum absolute atomic E-state index is 0.615. The number of likely N-dealkylation sites (tertiary alicyclic amines) is 1. The Labute approximate surface area is 128 Å². The minimum atomic E-state index is 0.615. The topological polar surface area (TPSA) is 18.5 Å². The molecule has 0 aromatic heterocycles. The summed E-state index contributed by atoms with van der Waals surface area (Å²) in [7, 11) is 2.34. The van der Waals surface area contributed by atoms with Gasteiger partial charge in [-0.25, -0.2) is 0 Å². The maximum Gasteiger partial charge on any atom is 0.0364 e. The lowest BCUT2D eigenvalue weighted by Gasteiger charge is -2.33. The molecule has 0 aliphatic carbocycles. The van der Waals surface area contributed by atoms with E-state index in [1.165, 1.54) is 44.3 Å². The number of benzene rings is 1. The molecule has 0 amide bonds. The Morgan fingerprint density at radius 2 is 1.90 bits per heavy atom. The summed E-state index contributed by atoms with van der Waals surface area (Å²) in [5, 5.41) is 3.59. The fraction of sp³-hybridized carbons (Fsp3) is 0.667. The summed E-state index contributed by atoms with van der Waals surface area (Å²) in [6.45, 7) is 4.70. The Balaban J connectivity index is 1.61. The standard InChI is InChI=1S/C18H27N3/c1-20-15-6-7-16(20)13-21(11-9-15)18-8-10-19-12-14-4-2-3-5-17(14)18/h2-5,15-16,18-19H,6-13H2,1H3. The zero-order chi connectivity index (χ0) is 14.2. The van der Waals surface area contributed by atoms with Crippen LogP contribution in [0.15, 0.2) is 24.3 Å². The average Bonchev–Trinajstić information content (AvgIpc) is 2.66. The number of fused-ring (bicyclic) bond motifs is 3. The second-order valence-corrected chi connectivity index (χ2v) is 7.01. The lowest BCUT2D eigenvalue weighted by Crippen LogP contribution is -2.38. The van der Waals surface area contributed by atoms with E-state index in [1.807, 2.05) is 0 Å². The summed E-state index contributed by atoms with van der Waals surface area (Å²) in [6, 6.07) is 11.3. The van der Waals surface area contributed by atoms with E-state index in [-0.39, 0.29) is 0 Å². The van der Waals surface area contributed by atoms with Gasteiger partial charge in [0.2, 0.25) is 0 Å². The molecule has 21 heavy (non-hydrogen) atoms. The van der Waals surface area contributed by atoms with Crippen molar-refractivity contribution in [1.82, 2.24) is 15.1 Å². The molecule has 3 heteroatoms. The first-order valence-corrected chi connectivity index (χ1v) is 8.57. The number of hydrogen-bond acceptors (Lipinski definition) is 3. The average molecular weight is 285 g/mol. The minimum Gasteiger partial charge on any atom is -0.313 e. The molecule has 3 aliphatic rings. The van der Waals surface area contributed by atoms with Crippen molar-refractivity contribution < 1.29 is 0 Å². The van der Waals surface area contributed by atoms with Gasteiger partial charge in [-0.1, -0.05) is 24.3 Å². The Morgan fingerprint density at radius 3 is 2.86 bits per heavy atom. The fourth-order valence-electron chi connectivity index (χ4n) is 4.64. The molecule has 2 saturated heterocycles. The lowest BCUT2D eigenvalue weighted by atomic mass is 9.96. The van der Waals surface area contributed by atoms with E-state index in [9.17, 15) is 0 Å². The summed E-state index contributed by atoms with van der Waals surface area (Å²) in [5.41, 5.74) is 3.07. The Kier molecular flexibility index (Phi) is 3.74. The third-order valence-corrected chi connectivity index (χ3v) is 5.94. The van der Waals surface area contributed by atoms with Gasteiger partial charge in [0.05, 0.1) is 0 Å². The monoisotopic (exact) mass is 285 g/mol. The molecule has 2 fully saturated rings. The first kappa shape index (κ1) is 13.7. The van der Waals surface area contributed by atoms with Gasteiger partial charge in [-0.15, -0.1) is 0 Å². The van der Waals surface area contributed by atoms with Crippen molar-refractivity contribution in [3.05, 3.63) is 35.4 Å². The Bertz CT molecular complexity index is 501. The summed E-state index contributed by atoms with van der Waals surface area (Å²) in [6.07, 6.45) is 5.40. The maximum atomic E-state index is 3.59. The molecule has 3 atom stereocenters. The normalized spacial score (nSPS) is 34.2. The largest absolute Gasteiger partial charge is 0.313 e. The molecule has 3 nitrogen and oxygen atoms in total. The van der Waals surface area contributed by atoms with E-state index in [0.29, 0.717) is 6.04 Å². The summed E-state index contributed by atoms with van der Waals surface area (Å²) >= 11 is 0. The molecule has 114 valence electrons. The predicted molar refractivity (Wildman–Crippen MR) is 86.3 cm³/mol. The van der Waals surface area contributed by atoms with Crippen LogP contribution in [0.1, 0.15) is 42.9 Å². The van der Waals surface area contributed by atoms with E-state index in [1.54, 1.807) is 5.56 Å². The Hall–Kier alpha value is -0.900. The second-order valence-electron chi connectivity index (χ2n) is 7.01. The molecule has 2 bridgehead atoms. The van der Waals surface area contributed by atoms with Crippen LogP contribution in [0.25, 0.3) is 0 Å². The molecule has 1 aromatic rings. The van der Waals surface area contributed by atoms with Crippen LogP contribution in [0, 0.1) is 0 Å². The van der Waals surface area contributed by atoms with Crippen molar-refractivity contribution in [2.75, 3.05) is 26.7 Å². The van der Waals surface area contributed by atoms with E-state index in [2.05, 4.69) is 46.4 Å². The molecule has 3 heterocycles. The lowest BCUT2D eigenvalue weighted by molar-refractivity contribution is 0.165. The second kappa shape index (κ2) is 5.71. The van der Waals surface area contributed by atoms with Crippen molar-refractivity contribution in [1.29, 1.82) is 0 Å². The van der Waals surface area contributed by atoms with Gasteiger partial charge in [-0.3, -0.25) is 9.80 Å². The van der Waals surface area contributed by atoms with Gasteiger partial charge >= 0.3 is 0 Å². The zero-order valence-corrected chi connectivity index (χ0v) is 13.1.